The second-order valence-electron chi connectivity index (χ2n) is 5.82. The van der Waals surface area contributed by atoms with Crippen molar-refractivity contribution < 1.29 is 9.53 Å². The molecule has 0 saturated carbocycles. The molecule has 3 heterocycles. The van der Waals surface area contributed by atoms with Gasteiger partial charge in [-0.05, 0) is 31.5 Å². The van der Waals surface area contributed by atoms with Gasteiger partial charge in [-0.25, -0.2) is 4.98 Å². The Kier molecular flexibility index (Phi) is 4.90. The molecule has 1 amide bonds. The monoisotopic (exact) mass is 304 g/mol. The third kappa shape index (κ3) is 3.56. The Labute approximate surface area is 131 Å². The molecule has 0 bridgehead atoms. The molecule has 22 heavy (non-hydrogen) atoms. The van der Waals surface area contributed by atoms with Crippen LogP contribution in [0.15, 0.2) is 18.3 Å². The summed E-state index contributed by atoms with van der Waals surface area (Å²) in [6.45, 7) is 8.14. The number of hydrogen-bond donors (Lipinski definition) is 1. The van der Waals surface area contributed by atoms with E-state index in [4.69, 9.17) is 4.74 Å². The van der Waals surface area contributed by atoms with Crippen molar-refractivity contribution in [3.05, 3.63) is 18.3 Å². The Balaban J connectivity index is 1.55. The molecule has 2 aliphatic rings. The van der Waals surface area contributed by atoms with Gasteiger partial charge < -0.3 is 19.9 Å². The normalized spacial score (nSPS) is 22.8. The Morgan fingerprint density at radius 1 is 1.36 bits per heavy atom. The van der Waals surface area contributed by atoms with Crippen molar-refractivity contribution in [1.82, 2.24) is 9.88 Å². The highest BCUT2D eigenvalue weighted by Gasteiger charge is 2.23. The number of ether oxygens (including phenoxy) is 1. The smallest absolute Gasteiger partial charge is 0.253 e. The van der Waals surface area contributed by atoms with Crippen molar-refractivity contribution >= 4 is 17.4 Å². The molecule has 120 valence electrons. The molecule has 2 fully saturated rings. The zero-order chi connectivity index (χ0) is 15.4. The van der Waals surface area contributed by atoms with Crippen LogP contribution in [0.1, 0.15) is 19.8 Å². The lowest BCUT2D eigenvalue weighted by Crippen LogP contribution is -2.46. The fraction of sp³-hybridized carbons (Fsp3) is 0.625. The lowest BCUT2D eigenvalue weighted by molar-refractivity contribution is -0.124. The lowest BCUT2D eigenvalue weighted by Gasteiger charge is -2.34. The minimum absolute atomic E-state index is 0.0661. The molecule has 1 N–H and O–H groups in total. The van der Waals surface area contributed by atoms with E-state index >= 15 is 0 Å². The number of likely N-dealkylation sites (N-methyl/N-ethyl adjacent to an activating group) is 1. The molecule has 0 spiro atoms. The number of amides is 1. The summed E-state index contributed by atoms with van der Waals surface area (Å²) in [7, 11) is 0. The van der Waals surface area contributed by atoms with Gasteiger partial charge in [0.05, 0.1) is 11.9 Å². The number of rotatable bonds is 4. The fourth-order valence-corrected chi connectivity index (χ4v) is 2.95. The Morgan fingerprint density at radius 3 is 2.77 bits per heavy atom. The van der Waals surface area contributed by atoms with E-state index in [9.17, 15) is 4.79 Å². The van der Waals surface area contributed by atoms with Crippen LogP contribution in [0.2, 0.25) is 0 Å². The van der Waals surface area contributed by atoms with Crippen molar-refractivity contribution in [3.8, 4) is 0 Å². The van der Waals surface area contributed by atoms with E-state index in [2.05, 4.69) is 27.0 Å². The standard InChI is InChI=1S/C16H24N4O2/c1-2-19-7-9-20(10-8-19)15-6-5-13(12-17-15)18-16(21)14-4-3-11-22-14/h5-6,12,14H,2-4,7-11H2,1H3,(H,18,21). The Hall–Kier alpha value is -1.66. The van der Waals surface area contributed by atoms with Crippen molar-refractivity contribution in [1.29, 1.82) is 0 Å². The van der Waals surface area contributed by atoms with Crippen LogP contribution >= 0.6 is 0 Å². The fourth-order valence-electron chi connectivity index (χ4n) is 2.95. The third-order valence-electron chi connectivity index (χ3n) is 4.38. The maximum Gasteiger partial charge on any atom is 0.253 e. The highest BCUT2D eigenvalue weighted by molar-refractivity contribution is 5.94. The number of carbonyl (C=O) groups is 1. The van der Waals surface area contributed by atoms with Crippen LogP contribution in [0.5, 0.6) is 0 Å². The quantitative estimate of drug-likeness (QED) is 0.910. The highest BCUT2D eigenvalue weighted by Crippen LogP contribution is 2.18. The summed E-state index contributed by atoms with van der Waals surface area (Å²) in [5.74, 6) is 0.912. The number of aromatic nitrogens is 1. The van der Waals surface area contributed by atoms with E-state index in [0.717, 1.165) is 57.1 Å². The first-order chi connectivity index (χ1) is 10.8. The molecule has 0 aliphatic carbocycles. The molecule has 0 radical (unpaired) electrons. The van der Waals surface area contributed by atoms with Crippen molar-refractivity contribution in [2.75, 3.05) is 49.5 Å². The number of hydrogen-bond acceptors (Lipinski definition) is 5. The summed E-state index contributed by atoms with van der Waals surface area (Å²) in [6, 6.07) is 3.90. The largest absolute Gasteiger partial charge is 0.368 e. The molecular weight excluding hydrogens is 280 g/mol. The SMILES string of the molecule is CCN1CCN(c2ccc(NC(=O)C3CCCO3)cn2)CC1. The molecule has 3 rings (SSSR count). The lowest BCUT2D eigenvalue weighted by atomic mass is 10.2. The van der Waals surface area contributed by atoms with Crippen LogP contribution in [-0.4, -0.2) is 61.2 Å². The van der Waals surface area contributed by atoms with Gasteiger partial charge in [0.1, 0.15) is 11.9 Å². The van der Waals surface area contributed by atoms with Crippen LogP contribution in [0.3, 0.4) is 0 Å². The first-order valence-electron chi connectivity index (χ1n) is 8.12. The number of piperazine rings is 1. The average Bonchev–Trinajstić information content (AvgIpc) is 3.10. The minimum atomic E-state index is -0.304. The van der Waals surface area contributed by atoms with E-state index in [-0.39, 0.29) is 12.0 Å². The molecule has 2 aliphatic heterocycles. The molecule has 2 saturated heterocycles. The van der Waals surface area contributed by atoms with E-state index in [0.29, 0.717) is 6.61 Å². The molecule has 1 aromatic rings. The first kappa shape index (κ1) is 15.2. The minimum Gasteiger partial charge on any atom is -0.368 e. The van der Waals surface area contributed by atoms with Crippen LogP contribution in [0.4, 0.5) is 11.5 Å². The number of nitrogens with one attached hydrogen (secondary N) is 1. The molecule has 1 unspecified atom stereocenters. The van der Waals surface area contributed by atoms with Gasteiger partial charge in [-0.2, -0.15) is 0 Å². The Morgan fingerprint density at radius 2 is 2.18 bits per heavy atom. The summed E-state index contributed by atoms with van der Waals surface area (Å²) in [6.07, 6.45) is 3.19. The van der Waals surface area contributed by atoms with E-state index in [1.165, 1.54) is 0 Å². The number of carbonyl (C=O) groups excluding carboxylic acids is 1. The topological polar surface area (TPSA) is 57.7 Å². The Bertz CT molecular complexity index is 491. The van der Waals surface area contributed by atoms with Crippen molar-refractivity contribution in [2.45, 2.75) is 25.9 Å². The summed E-state index contributed by atoms with van der Waals surface area (Å²) in [5.41, 5.74) is 0.733. The maximum atomic E-state index is 12.0. The highest BCUT2D eigenvalue weighted by atomic mass is 16.5. The maximum absolute atomic E-state index is 12.0. The van der Waals surface area contributed by atoms with Gasteiger partial charge >= 0.3 is 0 Å². The van der Waals surface area contributed by atoms with E-state index in [1.807, 2.05) is 12.1 Å². The van der Waals surface area contributed by atoms with Crippen LogP contribution < -0.4 is 10.2 Å². The second-order valence-corrected chi connectivity index (χ2v) is 5.82. The summed E-state index contributed by atoms with van der Waals surface area (Å²) < 4.78 is 5.38. The number of anilines is 2. The number of nitrogens with zero attached hydrogens (tertiary/aromatic N) is 3. The zero-order valence-corrected chi connectivity index (χ0v) is 13.1. The second kappa shape index (κ2) is 7.07. The molecule has 1 atom stereocenters. The van der Waals surface area contributed by atoms with Crippen LogP contribution in [-0.2, 0) is 9.53 Å². The molecule has 1 aromatic heterocycles. The van der Waals surface area contributed by atoms with Crippen molar-refractivity contribution in [3.63, 3.8) is 0 Å². The van der Waals surface area contributed by atoms with Gasteiger partial charge in [0, 0.05) is 32.8 Å². The summed E-state index contributed by atoms with van der Waals surface area (Å²) >= 11 is 0. The zero-order valence-electron chi connectivity index (χ0n) is 13.1. The van der Waals surface area contributed by atoms with Gasteiger partial charge in [0.15, 0.2) is 0 Å². The van der Waals surface area contributed by atoms with Gasteiger partial charge in [-0.15, -0.1) is 0 Å². The van der Waals surface area contributed by atoms with Crippen LogP contribution in [0.25, 0.3) is 0 Å². The average molecular weight is 304 g/mol. The summed E-state index contributed by atoms with van der Waals surface area (Å²) in [4.78, 5) is 21.2. The van der Waals surface area contributed by atoms with E-state index in [1.54, 1.807) is 6.20 Å². The third-order valence-corrected chi connectivity index (χ3v) is 4.38. The van der Waals surface area contributed by atoms with Crippen molar-refractivity contribution in [2.24, 2.45) is 0 Å². The first-order valence-corrected chi connectivity index (χ1v) is 8.12. The molecule has 6 nitrogen and oxygen atoms in total. The molecule has 0 aromatic carbocycles. The van der Waals surface area contributed by atoms with E-state index < -0.39 is 0 Å². The van der Waals surface area contributed by atoms with Crippen LogP contribution in [0, 0.1) is 0 Å². The van der Waals surface area contributed by atoms with Gasteiger partial charge in [-0.3, -0.25) is 4.79 Å². The molecular formula is C16H24N4O2. The van der Waals surface area contributed by atoms with Gasteiger partial charge in [-0.1, -0.05) is 6.92 Å². The summed E-state index contributed by atoms with van der Waals surface area (Å²) in [5, 5.41) is 2.88. The predicted octanol–water partition coefficient (Wildman–Crippen LogP) is 1.34. The molecule has 6 heteroatoms. The number of pyridine rings is 1. The van der Waals surface area contributed by atoms with Gasteiger partial charge in [0.25, 0.3) is 5.91 Å². The van der Waals surface area contributed by atoms with Gasteiger partial charge in [0.2, 0.25) is 0 Å². The predicted molar refractivity (Wildman–Crippen MR) is 86.2 cm³/mol.